The van der Waals surface area contributed by atoms with Crippen LogP contribution in [0.3, 0.4) is 0 Å². The lowest BCUT2D eigenvalue weighted by Gasteiger charge is -2.07. The van der Waals surface area contributed by atoms with Crippen molar-refractivity contribution in [3.8, 4) is 22.6 Å². The molecule has 3 N–H and O–H groups in total. The van der Waals surface area contributed by atoms with E-state index in [1.54, 1.807) is 43.1 Å². The Kier molecular flexibility index (Phi) is 4.36. The molecule has 0 aliphatic carbocycles. The zero-order valence-electron chi connectivity index (χ0n) is 17.1. The van der Waals surface area contributed by atoms with Crippen molar-refractivity contribution in [3.63, 3.8) is 0 Å². The molecule has 0 unspecified atom stereocenters. The second kappa shape index (κ2) is 7.65. The summed E-state index contributed by atoms with van der Waals surface area (Å²) < 4.78 is 0. The van der Waals surface area contributed by atoms with Crippen molar-refractivity contribution in [1.82, 2.24) is 35.1 Å². The van der Waals surface area contributed by atoms with E-state index in [2.05, 4.69) is 40.4 Å². The number of hydrogen-bond acceptors (Lipinski definition) is 6. The summed E-state index contributed by atoms with van der Waals surface area (Å²) in [5, 5.41) is 11.1. The first-order chi connectivity index (χ1) is 16.2. The SMILES string of the molecule is O=C(Nc1cncc(-c2cnc3[nH]nc(-c4nc5ccncc5[nH]4)c3c2)c1)c1ccccc1. The van der Waals surface area contributed by atoms with Gasteiger partial charge in [0.25, 0.3) is 5.91 Å². The monoisotopic (exact) mass is 432 g/mol. The van der Waals surface area contributed by atoms with Crippen molar-refractivity contribution in [1.29, 1.82) is 0 Å². The van der Waals surface area contributed by atoms with Gasteiger partial charge < -0.3 is 10.3 Å². The number of imidazole rings is 1. The summed E-state index contributed by atoms with van der Waals surface area (Å²) in [4.78, 5) is 33.3. The number of anilines is 1. The number of nitrogens with one attached hydrogen (secondary N) is 3. The molecule has 0 aliphatic rings. The first-order valence-corrected chi connectivity index (χ1v) is 10.2. The van der Waals surface area contributed by atoms with Gasteiger partial charge in [-0.2, -0.15) is 5.10 Å². The number of H-pyrrole nitrogens is 2. The van der Waals surface area contributed by atoms with E-state index in [1.807, 2.05) is 36.4 Å². The smallest absolute Gasteiger partial charge is 0.255 e. The Labute approximate surface area is 187 Å². The molecule has 0 radical (unpaired) electrons. The Bertz CT molecular complexity index is 1590. The van der Waals surface area contributed by atoms with Gasteiger partial charge in [0.2, 0.25) is 0 Å². The average Bonchev–Trinajstić information content (AvgIpc) is 3.48. The Hall–Kier alpha value is -4.92. The number of aromatic amines is 2. The van der Waals surface area contributed by atoms with E-state index in [0.29, 0.717) is 28.4 Å². The summed E-state index contributed by atoms with van der Waals surface area (Å²) in [5.41, 5.74) is 5.78. The lowest BCUT2D eigenvalue weighted by Crippen LogP contribution is -2.11. The van der Waals surface area contributed by atoms with E-state index < -0.39 is 0 Å². The van der Waals surface area contributed by atoms with Crippen LogP contribution in [0.1, 0.15) is 10.4 Å². The molecule has 0 saturated carbocycles. The highest BCUT2D eigenvalue weighted by atomic mass is 16.1. The van der Waals surface area contributed by atoms with Crippen LogP contribution in [-0.2, 0) is 0 Å². The molecule has 0 fully saturated rings. The third kappa shape index (κ3) is 3.47. The van der Waals surface area contributed by atoms with Gasteiger partial charge in [-0.15, -0.1) is 0 Å². The molecular formula is C24H16N8O. The van der Waals surface area contributed by atoms with Gasteiger partial charge in [-0.1, -0.05) is 18.2 Å². The van der Waals surface area contributed by atoms with E-state index in [9.17, 15) is 4.79 Å². The van der Waals surface area contributed by atoms with E-state index in [1.165, 1.54) is 0 Å². The summed E-state index contributed by atoms with van der Waals surface area (Å²) in [6.07, 6.45) is 8.51. The number of carbonyl (C=O) groups excluding carboxylic acids is 1. The number of rotatable bonds is 4. The highest BCUT2D eigenvalue weighted by Crippen LogP contribution is 2.29. The van der Waals surface area contributed by atoms with Gasteiger partial charge in [0.1, 0.15) is 5.69 Å². The summed E-state index contributed by atoms with van der Waals surface area (Å²) in [6, 6.07) is 14.7. The number of pyridine rings is 3. The molecule has 5 aromatic heterocycles. The van der Waals surface area contributed by atoms with E-state index in [-0.39, 0.29) is 5.91 Å². The molecule has 0 bridgehead atoms. The third-order valence-corrected chi connectivity index (χ3v) is 5.29. The summed E-state index contributed by atoms with van der Waals surface area (Å²) in [7, 11) is 0. The summed E-state index contributed by atoms with van der Waals surface area (Å²) in [6.45, 7) is 0. The van der Waals surface area contributed by atoms with Gasteiger partial charge in [0, 0.05) is 35.3 Å². The lowest BCUT2D eigenvalue weighted by atomic mass is 10.1. The third-order valence-electron chi connectivity index (χ3n) is 5.29. The molecule has 1 aromatic carbocycles. The largest absolute Gasteiger partial charge is 0.335 e. The van der Waals surface area contributed by atoms with Gasteiger partial charge in [-0.25, -0.2) is 9.97 Å². The molecule has 9 heteroatoms. The van der Waals surface area contributed by atoms with Gasteiger partial charge >= 0.3 is 0 Å². The molecule has 0 spiro atoms. The van der Waals surface area contributed by atoms with E-state index in [0.717, 1.165) is 27.5 Å². The second-order valence-corrected chi connectivity index (χ2v) is 7.45. The minimum atomic E-state index is -0.195. The van der Waals surface area contributed by atoms with Crippen LogP contribution in [0.25, 0.3) is 44.7 Å². The number of hydrogen-bond donors (Lipinski definition) is 3. The van der Waals surface area contributed by atoms with Crippen LogP contribution in [-0.4, -0.2) is 41.0 Å². The van der Waals surface area contributed by atoms with Crippen molar-refractivity contribution >= 4 is 33.7 Å². The maximum Gasteiger partial charge on any atom is 0.255 e. The molecular weight excluding hydrogens is 416 g/mol. The first kappa shape index (κ1) is 18.8. The van der Waals surface area contributed by atoms with Gasteiger partial charge in [0.05, 0.1) is 34.5 Å². The molecule has 6 aromatic rings. The Morgan fingerprint density at radius 3 is 2.67 bits per heavy atom. The fraction of sp³-hybridized carbons (Fsp3) is 0. The Morgan fingerprint density at radius 1 is 0.909 bits per heavy atom. The molecule has 6 rings (SSSR count). The molecule has 5 heterocycles. The average molecular weight is 432 g/mol. The van der Waals surface area contributed by atoms with Crippen LogP contribution in [0.4, 0.5) is 5.69 Å². The minimum Gasteiger partial charge on any atom is -0.335 e. The topological polar surface area (TPSA) is 125 Å². The fourth-order valence-corrected chi connectivity index (χ4v) is 3.67. The van der Waals surface area contributed by atoms with E-state index >= 15 is 0 Å². The van der Waals surface area contributed by atoms with Gasteiger partial charge in [0.15, 0.2) is 11.5 Å². The van der Waals surface area contributed by atoms with Crippen molar-refractivity contribution < 1.29 is 4.79 Å². The molecule has 0 saturated heterocycles. The maximum absolute atomic E-state index is 12.5. The fourth-order valence-electron chi connectivity index (χ4n) is 3.67. The van der Waals surface area contributed by atoms with Crippen molar-refractivity contribution in [3.05, 3.63) is 85.1 Å². The van der Waals surface area contributed by atoms with Crippen molar-refractivity contribution in [2.24, 2.45) is 0 Å². The number of fused-ring (bicyclic) bond motifs is 2. The standard InChI is InChI=1S/C24H16N8O/c33-24(14-4-2-1-3-5-14)28-17-8-15(10-26-12-17)16-9-18-21(31-32-22(18)27-11-16)23-29-19-6-7-25-13-20(19)30-23/h1-13H,(H,28,33)(H,29,30)(H,27,31,32). The van der Waals surface area contributed by atoms with Crippen LogP contribution in [0.15, 0.2) is 79.5 Å². The quantitative estimate of drug-likeness (QED) is 0.383. The van der Waals surface area contributed by atoms with Crippen LogP contribution >= 0.6 is 0 Å². The van der Waals surface area contributed by atoms with Crippen LogP contribution in [0.5, 0.6) is 0 Å². The van der Waals surface area contributed by atoms with E-state index in [4.69, 9.17) is 0 Å². The molecule has 0 aliphatic heterocycles. The van der Waals surface area contributed by atoms with Crippen LogP contribution < -0.4 is 5.32 Å². The lowest BCUT2D eigenvalue weighted by molar-refractivity contribution is 0.102. The van der Waals surface area contributed by atoms with Gasteiger partial charge in [-0.3, -0.25) is 19.9 Å². The first-order valence-electron chi connectivity index (χ1n) is 10.2. The molecule has 0 atom stereocenters. The Balaban J connectivity index is 1.36. The van der Waals surface area contributed by atoms with Crippen molar-refractivity contribution in [2.45, 2.75) is 0 Å². The molecule has 33 heavy (non-hydrogen) atoms. The number of nitrogens with zero attached hydrogens (tertiary/aromatic N) is 5. The van der Waals surface area contributed by atoms with Crippen LogP contribution in [0.2, 0.25) is 0 Å². The summed E-state index contributed by atoms with van der Waals surface area (Å²) >= 11 is 0. The maximum atomic E-state index is 12.5. The Morgan fingerprint density at radius 2 is 1.79 bits per heavy atom. The zero-order valence-corrected chi connectivity index (χ0v) is 17.1. The molecule has 9 nitrogen and oxygen atoms in total. The minimum absolute atomic E-state index is 0.195. The van der Waals surface area contributed by atoms with Crippen molar-refractivity contribution in [2.75, 3.05) is 5.32 Å². The number of amides is 1. The highest BCUT2D eigenvalue weighted by Gasteiger charge is 2.15. The number of aromatic nitrogens is 7. The predicted molar refractivity (Wildman–Crippen MR) is 124 cm³/mol. The number of benzene rings is 1. The highest BCUT2D eigenvalue weighted by molar-refractivity contribution is 6.04. The molecule has 158 valence electrons. The van der Waals surface area contributed by atoms with Gasteiger partial charge in [-0.05, 0) is 30.3 Å². The number of carbonyl (C=O) groups is 1. The summed E-state index contributed by atoms with van der Waals surface area (Å²) in [5.74, 6) is 0.435. The molecule has 1 amide bonds. The normalized spacial score (nSPS) is 11.2. The zero-order chi connectivity index (χ0) is 22.2. The van der Waals surface area contributed by atoms with Crippen LogP contribution in [0, 0.1) is 0 Å². The second-order valence-electron chi connectivity index (χ2n) is 7.45. The predicted octanol–water partition coefficient (Wildman–Crippen LogP) is 4.21.